The maximum Gasteiger partial charge on any atom is 0.152 e. The number of halogens is 1. The van der Waals surface area contributed by atoms with Crippen molar-refractivity contribution in [2.24, 2.45) is 0 Å². The number of hydrogen-bond acceptors (Lipinski definition) is 4. The molecule has 0 unspecified atom stereocenters. The van der Waals surface area contributed by atoms with E-state index in [0.717, 1.165) is 23.1 Å². The van der Waals surface area contributed by atoms with Crippen LogP contribution in [0, 0.1) is 0 Å². The molecule has 3 N–H and O–H groups in total. The first-order valence-corrected chi connectivity index (χ1v) is 6.30. The van der Waals surface area contributed by atoms with Crippen molar-refractivity contribution in [3.8, 4) is 0 Å². The predicted molar refractivity (Wildman–Crippen MR) is 68.4 cm³/mol. The number of aliphatic hydroxyl groups excluding tert-OH is 1. The highest BCUT2D eigenvalue weighted by Crippen LogP contribution is 2.32. The molecule has 0 bridgehead atoms. The van der Waals surface area contributed by atoms with Crippen molar-refractivity contribution < 1.29 is 5.11 Å². The zero-order valence-corrected chi connectivity index (χ0v) is 10.7. The number of hydrogen-bond donors (Lipinski definition) is 2. The summed E-state index contributed by atoms with van der Waals surface area (Å²) in [5.41, 5.74) is 6.62. The van der Waals surface area contributed by atoms with Crippen molar-refractivity contribution >= 4 is 27.4 Å². The van der Waals surface area contributed by atoms with Crippen LogP contribution in [0.5, 0.6) is 0 Å². The molecule has 0 atom stereocenters. The van der Waals surface area contributed by atoms with Crippen molar-refractivity contribution in [3.63, 3.8) is 0 Å². The Hall–Kier alpha value is -0.810. The Morgan fingerprint density at radius 1 is 1.56 bits per heavy atom. The second kappa shape index (κ2) is 5.01. The SMILES string of the molecule is Nc1cc(Br)cnc1N(CCO)C1CCC1. The summed E-state index contributed by atoms with van der Waals surface area (Å²) in [6.45, 7) is 0.733. The molecule has 4 nitrogen and oxygen atoms in total. The van der Waals surface area contributed by atoms with Crippen molar-refractivity contribution in [2.75, 3.05) is 23.8 Å². The molecule has 0 radical (unpaired) electrons. The van der Waals surface area contributed by atoms with E-state index in [1.807, 2.05) is 6.07 Å². The van der Waals surface area contributed by atoms with Crippen LogP contribution in [0.1, 0.15) is 19.3 Å². The molecule has 0 aliphatic heterocycles. The molecule has 1 aromatic heterocycles. The first kappa shape index (κ1) is 11.7. The molecule has 5 heteroatoms. The largest absolute Gasteiger partial charge is 0.396 e. The smallest absolute Gasteiger partial charge is 0.152 e. The van der Waals surface area contributed by atoms with Crippen LogP contribution in [0.2, 0.25) is 0 Å². The Bertz CT molecular complexity index is 368. The Kier molecular flexibility index (Phi) is 3.66. The van der Waals surface area contributed by atoms with E-state index in [2.05, 4.69) is 25.8 Å². The van der Waals surface area contributed by atoms with Crippen molar-refractivity contribution in [1.29, 1.82) is 0 Å². The van der Waals surface area contributed by atoms with Gasteiger partial charge in [-0.15, -0.1) is 0 Å². The number of rotatable bonds is 4. The van der Waals surface area contributed by atoms with Gasteiger partial charge in [-0.1, -0.05) is 0 Å². The number of pyridine rings is 1. The Labute approximate surface area is 104 Å². The van der Waals surface area contributed by atoms with Gasteiger partial charge < -0.3 is 15.7 Å². The van der Waals surface area contributed by atoms with Crippen molar-refractivity contribution in [1.82, 2.24) is 4.98 Å². The standard InChI is InChI=1S/C11H16BrN3O/c12-8-6-10(13)11(14-7-8)15(4-5-16)9-2-1-3-9/h6-7,9,16H,1-5,13H2. The summed E-state index contributed by atoms with van der Waals surface area (Å²) in [5.74, 6) is 0.793. The summed E-state index contributed by atoms with van der Waals surface area (Å²) in [7, 11) is 0. The molecule has 1 aliphatic rings. The van der Waals surface area contributed by atoms with Gasteiger partial charge in [0.15, 0.2) is 5.82 Å². The predicted octanol–water partition coefficient (Wildman–Crippen LogP) is 1.78. The molecular formula is C11H16BrN3O. The molecule has 16 heavy (non-hydrogen) atoms. The highest BCUT2D eigenvalue weighted by atomic mass is 79.9. The van der Waals surface area contributed by atoms with Crippen molar-refractivity contribution in [2.45, 2.75) is 25.3 Å². The van der Waals surface area contributed by atoms with Gasteiger partial charge >= 0.3 is 0 Å². The van der Waals surface area contributed by atoms with Gasteiger partial charge in [0.05, 0.1) is 12.3 Å². The molecule has 1 saturated carbocycles. The van der Waals surface area contributed by atoms with Gasteiger partial charge in [0.1, 0.15) is 0 Å². The first-order valence-electron chi connectivity index (χ1n) is 5.51. The van der Waals surface area contributed by atoms with Gasteiger partial charge in [0, 0.05) is 23.3 Å². The highest BCUT2D eigenvalue weighted by Gasteiger charge is 2.26. The van der Waals surface area contributed by atoms with Gasteiger partial charge in [0.25, 0.3) is 0 Å². The lowest BCUT2D eigenvalue weighted by Crippen LogP contribution is -2.42. The van der Waals surface area contributed by atoms with Gasteiger partial charge in [-0.2, -0.15) is 0 Å². The summed E-state index contributed by atoms with van der Waals surface area (Å²) < 4.78 is 0.881. The van der Waals surface area contributed by atoms with Crippen LogP contribution in [0.4, 0.5) is 11.5 Å². The van der Waals surface area contributed by atoms with E-state index in [-0.39, 0.29) is 6.61 Å². The number of nitrogens with zero attached hydrogens (tertiary/aromatic N) is 2. The van der Waals surface area contributed by atoms with Gasteiger partial charge in [-0.05, 0) is 41.3 Å². The number of nitrogens with two attached hydrogens (primary N) is 1. The third-order valence-electron chi connectivity index (χ3n) is 2.99. The lowest BCUT2D eigenvalue weighted by atomic mass is 9.91. The minimum absolute atomic E-state index is 0.133. The van der Waals surface area contributed by atoms with E-state index < -0.39 is 0 Å². The van der Waals surface area contributed by atoms with E-state index in [9.17, 15) is 0 Å². The second-order valence-corrected chi connectivity index (χ2v) is 4.98. The molecule has 0 spiro atoms. The minimum Gasteiger partial charge on any atom is -0.396 e. The average Bonchev–Trinajstić information content (AvgIpc) is 2.14. The summed E-state index contributed by atoms with van der Waals surface area (Å²) in [4.78, 5) is 6.46. The molecule has 88 valence electrons. The molecule has 0 aromatic carbocycles. The van der Waals surface area contributed by atoms with Gasteiger partial charge in [-0.3, -0.25) is 0 Å². The van der Waals surface area contributed by atoms with E-state index >= 15 is 0 Å². The fourth-order valence-corrected chi connectivity index (χ4v) is 2.30. The highest BCUT2D eigenvalue weighted by molar-refractivity contribution is 9.10. The fourth-order valence-electron chi connectivity index (χ4n) is 1.96. The zero-order valence-electron chi connectivity index (χ0n) is 9.06. The molecule has 1 fully saturated rings. The fraction of sp³-hybridized carbons (Fsp3) is 0.545. The molecule has 1 aliphatic carbocycles. The summed E-state index contributed by atoms with van der Waals surface area (Å²) in [5, 5.41) is 9.09. The van der Waals surface area contributed by atoms with Crippen LogP contribution < -0.4 is 10.6 Å². The van der Waals surface area contributed by atoms with Crippen LogP contribution in [0.3, 0.4) is 0 Å². The Morgan fingerprint density at radius 3 is 2.81 bits per heavy atom. The number of nitrogen functional groups attached to an aromatic ring is 1. The normalized spacial score (nSPS) is 15.9. The van der Waals surface area contributed by atoms with E-state index in [1.165, 1.54) is 6.42 Å². The Morgan fingerprint density at radius 2 is 2.31 bits per heavy atom. The number of aliphatic hydroxyl groups is 1. The molecule has 0 saturated heterocycles. The van der Waals surface area contributed by atoms with E-state index in [1.54, 1.807) is 6.20 Å². The maximum atomic E-state index is 9.09. The lowest BCUT2D eigenvalue weighted by molar-refractivity contribution is 0.283. The van der Waals surface area contributed by atoms with Gasteiger partial charge in [-0.25, -0.2) is 4.98 Å². The van der Waals surface area contributed by atoms with Crippen molar-refractivity contribution in [3.05, 3.63) is 16.7 Å². The van der Waals surface area contributed by atoms with E-state index in [4.69, 9.17) is 10.8 Å². The number of aromatic nitrogens is 1. The third kappa shape index (κ3) is 2.30. The Balaban J connectivity index is 2.23. The molecular weight excluding hydrogens is 270 g/mol. The van der Waals surface area contributed by atoms with Gasteiger partial charge in [0.2, 0.25) is 0 Å². The average molecular weight is 286 g/mol. The summed E-state index contributed by atoms with van der Waals surface area (Å²) >= 11 is 3.34. The van der Waals surface area contributed by atoms with Crippen LogP contribution in [-0.2, 0) is 0 Å². The zero-order chi connectivity index (χ0) is 11.5. The van der Waals surface area contributed by atoms with Crippen LogP contribution in [0.15, 0.2) is 16.7 Å². The molecule has 0 amide bonds. The topological polar surface area (TPSA) is 62.4 Å². The summed E-state index contributed by atoms with van der Waals surface area (Å²) in [6.07, 6.45) is 5.33. The molecule has 1 heterocycles. The minimum atomic E-state index is 0.133. The van der Waals surface area contributed by atoms with Crippen LogP contribution >= 0.6 is 15.9 Å². The van der Waals surface area contributed by atoms with E-state index in [0.29, 0.717) is 18.3 Å². The van der Waals surface area contributed by atoms with Crippen LogP contribution in [0.25, 0.3) is 0 Å². The molecule has 2 rings (SSSR count). The van der Waals surface area contributed by atoms with Crippen LogP contribution in [-0.4, -0.2) is 29.3 Å². The maximum absolute atomic E-state index is 9.09. The molecule has 1 aromatic rings. The second-order valence-electron chi connectivity index (χ2n) is 4.07. The quantitative estimate of drug-likeness (QED) is 0.885. The lowest BCUT2D eigenvalue weighted by Gasteiger charge is -2.38. The summed E-state index contributed by atoms with van der Waals surface area (Å²) in [6, 6.07) is 2.34. The monoisotopic (exact) mass is 285 g/mol. The number of anilines is 2. The first-order chi connectivity index (χ1) is 7.72. The third-order valence-corrected chi connectivity index (χ3v) is 3.42.